The van der Waals surface area contributed by atoms with Crippen LogP contribution in [0.3, 0.4) is 0 Å². The number of benzene rings is 1. The molecule has 4 aromatic rings. The third-order valence-corrected chi connectivity index (χ3v) is 7.45. The number of anilines is 1. The predicted octanol–water partition coefficient (Wildman–Crippen LogP) is 1.05. The highest BCUT2D eigenvalue weighted by Gasteiger charge is 2.27. The summed E-state index contributed by atoms with van der Waals surface area (Å²) in [6.07, 6.45) is 1.86. The number of hydrogen-bond donors (Lipinski definition) is 2. The molecule has 39 heavy (non-hydrogen) atoms. The Morgan fingerprint density at radius 3 is 2.64 bits per heavy atom. The van der Waals surface area contributed by atoms with E-state index in [1.165, 1.54) is 16.4 Å². The minimum absolute atomic E-state index is 0.00155. The molecule has 12 heteroatoms. The van der Waals surface area contributed by atoms with E-state index in [-0.39, 0.29) is 48.1 Å². The van der Waals surface area contributed by atoms with Crippen molar-refractivity contribution in [1.29, 1.82) is 0 Å². The van der Waals surface area contributed by atoms with E-state index in [2.05, 4.69) is 15.3 Å². The van der Waals surface area contributed by atoms with Crippen molar-refractivity contribution in [2.45, 2.75) is 65.7 Å². The van der Waals surface area contributed by atoms with Gasteiger partial charge in [-0.05, 0) is 45.2 Å². The van der Waals surface area contributed by atoms with E-state index in [1.54, 1.807) is 4.57 Å². The standard InChI is InChI=1S/C27H35N9O3/c1-5-34-24-23(32-27(34)33-12-7-9-18(28)14-33)25(38)35(13-11-21(37)29-4)36(26(24)39)15-20-30-17(3)22-16(2)8-6-10-19(22)31-20/h6,8,10,18H,5,7,9,11-15,28H2,1-4H3,(H,29,37). The van der Waals surface area contributed by atoms with Crippen molar-refractivity contribution in [3.05, 3.63) is 56.0 Å². The first-order valence-electron chi connectivity index (χ1n) is 13.4. The molecular formula is C27H35N9O3. The van der Waals surface area contributed by atoms with Crippen molar-refractivity contribution in [3.63, 3.8) is 0 Å². The van der Waals surface area contributed by atoms with Gasteiger partial charge in [0.05, 0.1) is 12.1 Å². The van der Waals surface area contributed by atoms with Crippen LogP contribution in [0.15, 0.2) is 27.8 Å². The Morgan fingerprint density at radius 2 is 1.92 bits per heavy atom. The summed E-state index contributed by atoms with van der Waals surface area (Å²) in [4.78, 5) is 56.2. The number of fused-ring (bicyclic) bond motifs is 2. The molecular weight excluding hydrogens is 498 g/mol. The lowest BCUT2D eigenvalue weighted by Crippen LogP contribution is -2.44. The van der Waals surface area contributed by atoms with Gasteiger partial charge >= 0.3 is 0 Å². The van der Waals surface area contributed by atoms with Gasteiger partial charge in [-0.1, -0.05) is 12.1 Å². The zero-order valence-electron chi connectivity index (χ0n) is 22.9. The van der Waals surface area contributed by atoms with Crippen LogP contribution in [0.4, 0.5) is 5.95 Å². The molecule has 3 aromatic heterocycles. The number of piperidine rings is 1. The fourth-order valence-electron chi connectivity index (χ4n) is 5.55. The lowest BCUT2D eigenvalue weighted by molar-refractivity contribution is -0.120. The number of aryl methyl sites for hydroxylation is 3. The summed E-state index contributed by atoms with van der Waals surface area (Å²) in [6, 6.07) is 5.85. The van der Waals surface area contributed by atoms with E-state index in [4.69, 9.17) is 10.7 Å². The number of rotatable bonds is 7. The second-order valence-corrected chi connectivity index (χ2v) is 10.1. The molecule has 1 aliphatic heterocycles. The van der Waals surface area contributed by atoms with Crippen molar-refractivity contribution in [2.24, 2.45) is 5.73 Å². The zero-order valence-corrected chi connectivity index (χ0v) is 22.9. The summed E-state index contributed by atoms with van der Waals surface area (Å²) >= 11 is 0. The predicted molar refractivity (Wildman–Crippen MR) is 150 cm³/mol. The van der Waals surface area contributed by atoms with Crippen molar-refractivity contribution in [3.8, 4) is 0 Å². The Hall–Kier alpha value is -4.06. The van der Waals surface area contributed by atoms with Crippen LogP contribution in [0, 0.1) is 13.8 Å². The highest BCUT2D eigenvalue weighted by atomic mass is 16.2. The quantitative estimate of drug-likeness (QED) is 0.359. The number of carbonyl (C=O) groups excluding carboxylic acids is 1. The maximum atomic E-state index is 14.1. The molecule has 3 N–H and O–H groups in total. The summed E-state index contributed by atoms with van der Waals surface area (Å²) in [5, 5.41) is 3.54. The summed E-state index contributed by atoms with van der Waals surface area (Å²) in [6.45, 7) is 7.64. The Bertz CT molecular complexity index is 1680. The van der Waals surface area contributed by atoms with Gasteiger partial charge in [0.25, 0.3) is 11.1 Å². The average Bonchev–Trinajstić information content (AvgIpc) is 3.31. The molecule has 5 rings (SSSR count). The maximum Gasteiger partial charge on any atom is 0.293 e. The van der Waals surface area contributed by atoms with Crippen LogP contribution in [0.25, 0.3) is 21.9 Å². The first-order valence-corrected chi connectivity index (χ1v) is 13.4. The third kappa shape index (κ3) is 4.80. The van der Waals surface area contributed by atoms with Crippen LogP contribution < -0.4 is 27.1 Å². The molecule has 0 radical (unpaired) electrons. The molecule has 1 saturated heterocycles. The smallest absolute Gasteiger partial charge is 0.293 e. The maximum absolute atomic E-state index is 14.1. The number of nitrogens with one attached hydrogen (secondary N) is 1. The normalized spacial score (nSPS) is 15.8. The van der Waals surface area contributed by atoms with Crippen LogP contribution in [0.1, 0.15) is 43.3 Å². The molecule has 1 aliphatic rings. The molecule has 206 valence electrons. The van der Waals surface area contributed by atoms with E-state index in [9.17, 15) is 14.4 Å². The second kappa shape index (κ2) is 10.6. The Morgan fingerprint density at radius 1 is 1.13 bits per heavy atom. The van der Waals surface area contributed by atoms with E-state index >= 15 is 0 Å². The molecule has 0 aliphatic carbocycles. The molecule has 12 nitrogen and oxygen atoms in total. The highest BCUT2D eigenvalue weighted by Crippen LogP contribution is 2.23. The van der Waals surface area contributed by atoms with Gasteiger partial charge < -0.3 is 20.5 Å². The molecule has 1 aromatic carbocycles. The van der Waals surface area contributed by atoms with Crippen LogP contribution in [0.2, 0.25) is 0 Å². The molecule has 4 heterocycles. The average molecular weight is 534 g/mol. The van der Waals surface area contributed by atoms with Crippen LogP contribution in [-0.2, 0) is 24.4 Å². The van der Waals surface area contributed by atoms with E-state index in [1.807, 2.05) is 43.9 Å². The molecule has 1 amide bonds. The fourth-order valence-corrected chi connectivity index (χ4v) is 5.55. The van der Waals surface area contributed by atoms with Gasteiger partial charge in [0.15, 0.2) is 11.3 Å². The van der Waals surface area contributed by atoms with Gasteiger partial charge in [-0.2, -0.15) is 0 Å². The van der Waals surface area contributed by atoms with E-state index in [0.29, 0.717) is 24.9 Å². The van der Waals surface area contributed by atoms with Gasteiger partial charge in [-0.15, -0.1) is 0 Å². The van der Waals surface area contributed by atoms with E-state index in [0.717, 1.165) is 41.5 Å². The minimum Gasteiger partial charge on any atom is -0.359 e. The topological polar surface area (TPSA) is 146 Å². The summed E-state index contributed by atoms with van der Waals surface area (Å²) in [7, 11) is 1.54. The lowest BCUT2D eigenvalue weighted by atomic mass is 10.1. The molecule has 1 atom stereocenters. The largest absolute Gasteiger partial charge is 0.359 e. The van der Waals surface area contributed by atoms with Crippen molar-refractivity contribution < 1.29 is 4.79 Å². The van der Waals surface area contributed by atoms with Gasteiger partial charge in [0.2, 0.25) is 11.9 Å². The molecule has 0 saturated carbocycles. The number of amides is 1. The lowest BCUT2D eigenvalue weighted by Gasteiger charge is -2.31. The zero-order chi connectivity index (χ0) is 27.8. The molecule has 1 unspecified atom stereocenters. The first-order chi connectivity index (χ1) is 18.7. The van der Waals surface area contributed by atoms with Crippen molar-refractivity contribution in [1.82, 2.24) is 34.2 Å². The number of imidazole rings is 1. The Balaban J connectivity index is 1.70. The van der Waals surface area contributed by atoms with E-state index < -0.39 is 5.56 Å². The molecule has 1 fully saturated rings. The summed E-state index contributed by atoms with van der Waals surface area (Å²) in [5.41, 5.74) is 8.37. The Kier molecular flexibility index (Phi) is 7.21. The van der Waals surface area contributed by atoms with Gasteiger partial charge in [0, 0.05) is 50.2 Å². The second-order valence-electron chi connectivity index (χ2n) is 10.1. The first kappa shape index (κ1) is 26.5. The highest BCUT2D eigenvalue weighted by molar-refractivity contribution is 5.84. The van der Waals surface area contributed by atoms with Crippen LogP contribution in [0.5, 0.6) is 0 Å². The Labute approximate surface area is 225 Å². The number of nitrogens with zero attached hydrogens (tertiary/aromatic N) is 7. The number of carbonyl (C=O) groups is 1. The number of aromatic nitrogens is 6. The van der Waals surface area contributed by atoms with Gasteiger partial charge in [-0.3, -0.25) is 14.4 Å². The summed E-state index contributed by atoms with van der Waals surface area (Å²) < 4.78 is 4.45. The molecule has 0 bridgehead atoms. The third-order valence-electron chi connectivity index (χ3n) is 7.45. The number of hydrogen-bond acceptors (Lipinski definition) is 8. The van der Waals surface area contributed by atoms with Crippen molar-refractivity contribution >= 4 is 33.8 Å². The fraction of sp³-hybridized carbons (Fsp3) is 0.481. The monoisotopic (exact) mass is 533 g/mol. The van der Waals surface area contributed by atoms with Gasteiger partial charge in [0.1, 0.15) is 12.1 Å². The van der Waals surface area contributed by atoms with Gasteiger partial charge in [-0.25, -0.2) is 24.3 Å². The minimum atomic E-state index is -0.434. The summed E-state index contributed by atoms with van der Waals surface area (Å²) in [5.74, 6) is 0.738. The molecule has 0 spiro atoms. The van der Waals surface area contributed by atoms with Crippen LogP contribution in [-0.4, -0.2) is 61.0 Å². The number of nitrogens with two attached hydrogens (primary N) is 1. The van der Waals surface area contributed by atoms with Crippen molar-refractivity contribution in [2.75, 3.05) is 25.0 Å². The SMILES string of the molecule is CCn1c(N2CCCC(N)C2)nc2c(=O)n(CCC(=O)NC)n(Cc3nc(C)c4c(C)cccc4n3)c(=O)c21. The van der Waals surface area contributed by atoms with Crippen LogP contribution >= 0.6 is 0 Å².